The number of hydrogen-bond donors (Lipinski definition) is 1. The van der Waals surface area contributed by atoms with Crippen LogP contribution in [0.5, 0.6) is 0 Å². The van der Waals surface area contributed by atoms with E-state index in [-0.39, 0.29) is 0 Å². The van der Waals surface area contributed by atoms with E-state index in [0.29, 0.717) is 16.5 Å². The van der Waals surface area contributed by atoms with Crippen LogP contribution >= 0.6 is 23.5 Å². The third-order valence-electron chi connectivity index (χ3n) is 3.46. The highest BCUT2D eigenvalue weighted by Crippen LogP contribution is 2.41. The van der Waals surface area contributed by atoms with Crippen LogP contribution in [-0.4, -0.2) is 39.5 Å². The molecule has 1 fully saturated rings. The van der Waals surface area contributed by atoms with Crippen LogP contribution in [0.3, 0.4) is 0 Å². The van der Waals surface area contributed by atoms with Crippen LogP contribution in [0.1, 0.15) is 50.6 Å². The molecule has 3 unspecified atom stereocenters. The molecule has 2 rings (SSSR count). The van der Waals surface area contributed by atoms with Gasteiger partial charge in [0.1, 0.15) is 0 Å². The highest BCUT2D eigenvalue weighted by molar-refractivity contribution is 8.06. The topological polar surface area (TPSA) is 51.0 Å². The zero-order valence-corrected chi connectivity index (χ0v) is 14.2. The second-order valence-electron chi connectivity index (χ2n) is 5.31. The summed E-state index contributed by atoms with van der Waals surface area (Å²) in [7, 11) is 0. The number of hydrogen-bond acceptors (Lipinski definition) is 6. The third-order valence-corrected chi connectivity index (χ3v) is 6.55. The summed E-state index contributed by atoms with van der Waals surface area (Å²) in [5.74, 6) is 4.09. The molecule has 1 aliphatic rings. The Labute approximate surface area is 130 Å². The first kappa shape index (κ1) is 16.2. The summed E-state index contributed by atoms with van der Waals surface area (Å²) in [5.41, 5.74) is 0. The van der Waals surface area contributed by atoms with Crippen LogP contribution in [0.15, 0.2) is 4.52 Å². The van der Waals surface area contributed by atoms with Gasteiger partial charge in [-0.05, 0) is 26.3 Å². The molecule has 6 heteroatoms. The first-order chi connectivity index (χ1) is 9.70. The summed E-state index contributed by atoms with van der Waals surface area (Å²) in [4.78, 5) is 4.60. The van der Waals surface area contributed by atoms with Gasteiger partial charge in [0, 0.05) is 29.2 Å². The predicted octanol–water partition coefficient (Wildman–Crippen LogP) is 3.30. The molecule has 0 bridgehead atoms. The van der Waals surface area contributed by atoms with Crippen molar-refractivity contribution in [3.05, 3.63) is 11.7 Å². The van der Waals surface area contributed by atoms with Gasteiger partial charge < -0.3 is 9.84 Å². The Balaban J connectivity index is 1.82. The molecule has 1 saturated heterocycles. The second-order valence-corrected chi connectivity index (χ2v) is 8.04. The predicted molar refractivity (Wildman–Crippen MR) is 87.5 cm³/mol. The number of aromatic nitrogens is 2. The van der Waals surface area contributed by atoms with E-state index in [2.05, 4.69) is 36.2 Å². The van der Waals surface area contributed by atoms with E-state index in [1.165, 1.54) is 17.9 Å². The van der Waals surface area contributed by atoms with Gasteiger partial charge in [-0.3, -0.25) is 0 Å². The molecule has 1 N–H and O–H groups in total. The van der Waals surface area contributed by atoms with Crippen molar-refractivity contribution in [2.24, 2.45) is 0 Å². The molecule has 0 spiro atoms. The summed E-state index contributed by atoms with van der Waals surface area (Å²) in [6, 6.07) is 0.504. The SMILES string of the molecule is CCCNC(C)CCc1nc(C2SCCSC2C)no1. The van der Waals surface area contributed by atoms with Crippen molar-refractivity contribution >= 4 is 23.5 Å². The molecule has 0 saturated carbocycles. The minimum absolute atomic E-state index is 0.391. The van der Waals surface area contributed by atoms with Crippen molar-refractivity contribution in [2.45, 2.75) is 56.6 Å². The second kappa shape index (κ2) is 8.29. The van der Waals surface area contributed by atoms with Gasteiger partial charge in [-0.2, -0.15) is 16.7 Å². The largest absolute Gasteiger partial charge is 0.339 e. The normalized spacial score (nSPS) is 24.8. The van der Waals surface area contributed by atoms with Gasteiger partial charge in [-0.1, -0.05) is 19.0 Å². The Morgan fingerprint density at radius 1 is 1.40 bits per heavy atom. The number of nitrogens with zero attached hydrogens (tertiary/aromatic N) is 2. The van der Waals surface area contributed by atoms with E-state index in [1.807, 2.05) is 23.5 Å². The zero-order valence-electron chi connectivity index (χ0n) is 12.6. The zero-order chi connectivity index (χ0) is 14.4. The Bertz CT molecular complexity index is 400. The van der Waals surface area contributed by atoms with Crippen molar-refractivity contribution in [1.82, 2.24) is 15.5 Å². The monoisotopic (exact) mass is 315 g/mol. The molecule has 1 aromatic rings. The number of nitrogens with one attached hydrogen (secondary N) is 1. The van der Waals surface area contributed by atoms with Crippen molar-refractivity contribution < 1.29 is 4.52 Å². The maximum absolute atomic E-state index is 5.41. The molecule has 114 valence electrons. The van der Waals surface area contributed by atoms with Crippen LogP contribution < -0.4 is 5.32 Å². The summed E-state index contributed by atoms with van der Waals surface area (Å²) < 4.78 is 5.41. The van der Waals surface area contributed by atoms with Crippen LogP contribution in [-0.2, 0) is 6.42 Å². The number of thioether (sulfide) groups is 2. The summed E-state index contributed by atoms with van der Waals surface area (Å²) in [5, 5.41) is 8.64. The molecular weight excluding hydrogens is 290 g/mol. The Morgan fingerprint density at radius 3 is 2.95 bits per heavy atom. The quantitative estimate of drug-likeness (QED) is 0.833. The van der Waals surface area contributed by atoms with Gasteiger partial charge >= 0.3 is 0 Å². The Morgan fingerprint density at radius 2 is 2.20 bits per heavy atom. The fraction of sp³-hybridized carbons (Fsp3) is 0.857. The number of rotatable bonds is 7. The summed E-state index contributed by atoms with van der Waals surface area (Å²) >= 11 is 3.96. The van der Waals surface area contributed by atoms with E-state index < -0.39 is 0 Å². The molecule has 3 atom stereocenters. The molecule has 4 nitrogen and oxygen atoms in total. The van der Waals surface area contributed by atoms with Crippen LogP contribution in [0.2, 0.25) is 0 Å². The maximum atomic E-state index is 5.41. The minimum atomic E-state index is 0.391. The first-order valence-electron chi connectivity index (χ1n) is 7.49. The molecular formula is C14H25N3OS2. The van der Waals surface area contributed by atoms with Crippen molar-refractivity contribution in [3.63, 3.8) is 0 Å². The average Bonchev–Trinajstić information content (AvgIpc) is 2.92. The Hall–Kier alpha value is -0.200. The molecule has 1 aromatic heterocycles. The summed E-state index contributed by atoms with van der Waals surface area (Å²) in [6.45, 7) is 7.73. The van der Waals surface area contributed by atoms with E-state index in [0.717, 1.165) is 31.1 Å². The van der Waals surface area contributed by atoms with Crippen LogP contribution in [0, 0.1) is 0 Å². The fourth-order valence-corrected chi connectivity index (χ4v) is 4.91. The van der Waals surface area contributed by atoms with Crippen LogP contribution in [0.25, 0.3) is 0 Å². The van der Waals surface area contributed by atoms with E-state index >= 15 is 0 Å². The molecule has 0 aliphatic carbocycles. The Kier molecular flexibility index (Phi) is 6.71. The molecule has 20 heavy (non-hydrogen) atoms. The molecule has 0 amide bonds. The van der Waals surface area contributed by atoms with Gasteiger partial charge in [0.15, 0.2) is 5.82 Å². The highest BCUT2D eigenvalue weighted by Gasteiger charge is 2.28. The first-order valence-corrected chi connectivity index (χ1v) is 9.59. The van der Waals surface area contributed by atoms with Gasteiger partial charge in [0.2, 0.25) is 5.89 Å². The number of aryl methyl sites for hydroxylation is 1. The van der Waals surface area contributed by atoms with Gasteiger partial charge in [-0.25, -0.2) is 0 Å². The fourth-order valence-electron chi connectivity index (χ4n) is 2.23. The lowest BCUT2D eigenvalue weighted by atomic mass is 10.2. The standard InChI is InChI=1S/C14H25N3OS2/c1-4-7-15-10(2)5-6-12-16-14(17-18-12)13-11(3)19-8-9-20-13/h10-11,13,15H,4-9H2,1-3H3. The van der Waals surface area contributed by atoms with Gasteiger partial charge in [0.25, 0.3) is 0 Å². The van der Waals surface area contributed by atoms with Gasteiger partial charge in [-0.15, -0.1) is 11.8 Å². The smallest absolute Gasteiger partial charge is 0.226 e. The molecule has 0 radical (unpaired) electrons. The average molecular weight is 316 g/mol. The maximum Gasteiger partial charge on any atom is 0.226 e. The van der Waals surface area contributed by atoms with Gasteiger partial charge in [0.05, 0.1) is 5.25 Å². The lowest BCUT2D eigenvalue weighted by Crippen LogP contribution is -2.27. The van der Waals surface area contributed by atoms with Crippen molar-refractivity contribution in [3.8, 4) is 0 Å². The lowest BCUT2D eigenvalue weighted by Gasteiger charge is -2.24. The molecule has 0 aromatic carbocycles. The molecule has 1 aliphatic heterocycles. The minimum Gasteiger partial charge on any atom is -0.339 e. The van der Waals surface area contributed by atoms with E-state index in [4.69, 9.17) is 4.52 Å². The lowest BCUT2D eigenvalue weighted by molar-refractivity contribution is 0.362. The van der Waals surface area contributed by atoms with E-state index in [1.54, 1.807) is 0 Å². The molecule has 2 heterocycles. The highest BCUT2D eigenvalue weighted by atomic mass is 32.2. The van der Waals surface area contributed by atoms with Crippen molar-refractivity contribution in [2.75, 3.05) is 18.1 Å². The van der Waals surface area contributed by atoms with Crippen molar-refractivity contribution in [1.29, 1.82) is 0 Å². The van der Waals surface area contributed by atoms with Crippen LogP contribution in [0.4, 0.5) is 0 Å². The summed E-state index contributed by atoms with van der Waals surface area (Å²) in [6.07, 6.45) is 3.08. The van der Waals surface area contributed by atoms with E-state index in [9.17, 15) is 0 Å². The third kappa shape index (κ3) is 4.67.